The molecule has 0 aromatic heterocycles. The van der Waals surface area contributed by atoms with Gasteiger partial charge < -0.3 is 14.8 Å². The smallest absolute Gasteiger partial charge is 0.249 e. The number of carbonyl (C=O) groups is 2. The van der Waals surface area contributed by atoms with Crippen molar-refractivity contribution in [3.05, 3.63) is 89.5 Å². The molecule has 0 saturated heterocycles. The van der Waals surface area contributed by atoms with Gasteiger partial charge in [-0.3, -0.25) is 9.59 Å². The standard InChI is InChI=1S/C25H25N3O4/c1-18-10-12-19(13-11-18)17-32-23-9-4-3-6-20(23)16-26-28-25(30)15-24(29)27-21-7-5-8-22(14-21)31-2/h3-14,16H,15,17H2,1-2H3,(H,27,29)(H,28,30). The molecule has 3 rings (SSSR count). The van der Waals surface area contributed by atoms with Gasteiger partial charge in [0.2, 0.25) is 11.8 Å². The van der Waals surface area contributed by atoms with E-state index in [4.69, 9.17) is 9.47 Å². The molecule has 0 aliphatic carbocycles. The number of carbonyl (C=O) groups excluding carboxylic acids is 2. The molecule has 0 unspecified atom stereocenters. The van der Waals surface area contributed by atoms with Crippen molar-refractivity contribution in [2.75, 3.05) is 12.4 Å². The van der Waals surface area contributed by atoms with Gasteiger partial charge in [-0.1, -0.05) is 48.0 Å². The van der Waals surface area contributed by atoms with E-state index in [0.29, 0.717) is 29.4 Å². The molecule has 2 amide bonds. The van der Waals surface area contributed by atoms with Gasteiger partial charge in [-0.25, -0.2) is 5.43 Å². The molecule has 0 bridgehead atoms. The van der Waals surface area contributed by atoms with Crippen molar-refractivity contribution in [1.29, 1.82) is 0 Å². The van der Waals surface area contributed by atoms with E-state index in [1.54, 1.807) is 24.3 Å². The van der Waals surface area contributed by atoms with E-state index in [0.717, 1.165) is 5.56 Å². The molecular weight excluding hydrogens is 406 g/mol. The molecule has 0 aliphatic heterocycles. The first kappa shape index (κ1) is 22.6. The summed E-state index contributed by atoms with van der Waals surface area (Å²) < 4.78 is 11.0. The maximum absolute atomic E-state index is 12.1. The molecule has 2 N–H and O–H groups in total. The van der Waals surface area contributed by atoms with Gasteiger partial charge in [0.1, 0.15) is 24.5 Å². The Balaban J connectivity index is 1.51. The summed E-state index contributed by atoms with van der Waals surface area (Å²) in [7, 11) is 1.54. The SMILES string of the molecule is COc1cccc(NC(=O)CC(=O)NN=Cc2ccccc2OCc2ccc(C)cc2)c1. The molecule has 0 saturated carbocycles. The topological polar surface area (TPSA) is 89.0 Å². The Kier molecular flexibility index (Phi) is 7.97. The number of hydrogen-bond donors (Lipinski definition) is 2. The number of nitrogens with one attached hydrogen (secondary N) is 2. The third kappa shape index (κ3) is 6.98. The normalized spacial score (nSPS) is 10.6. The average molecular weight is 431 g/mol. The van der Waals surface area contributed by atoms with Crippen LogP contribution in [0.4, 0.5) is 5.69 Å². The quantitative estimate of drug-likeness (QED) is 0.304. The van der Waals surface area contributed by atoms with E-state index in [2.05, 4.69) is 15.8 Å². The first-order chi connectivity index (χ1) is 15.5. The second kappa shape index (κ2) is 11.3. The number of para-hydroxylation sites is 1. The van der Waals surface area contributed by atoms with E-state index in [-0.39, 0.29) is 6.42 Å². The number of aryl methyl sites for hydroxylation is 1. The summed E-state index contributed by atoms with van der Waals surface area (Å²) in [5.74, 6) is 0.273. The highest BCUT2D eigenvalue weighted by Crippen LogP contribution is 2.18. The molecule has 0 fully saturated rings. The molecule has 0 radical (unpaired) electrons. The second-order valence-corrected chi connectivity index (χ2v) is 7.06. The molecule has 0 heterocycles. The highest BCUT2D eigenvalue weighted by molar-refractivity contribution is 6.03. The Labute approximate surface area is 187 Å². The first-order valence-corrected chi connectivity index (χ1v) is 10.1. The lowest BCUT2D eigenvalue weighted by Crippen LogP contribution is -2.24. The Morgan fingerprint density at radius 1 is 0.969 bits per heavy atom. The van der Waals surface area contributed by atoms with Crippen LogP contribution in [0.1, 0.15) is 23.1 Å². The minimum Gasteiger partial charge on any atom is -0.497 e. The molecule has 3 aromatic rings. The maximum Gasteiger partial charge on any atom is 0.249 e. The number of hydrogen-bond acceptors (Lipinski definition) is 5. The van der Waals surface area contributed by atoms with Crippen LogP contribution in [0.3, 0.4) is 0 Å². The van der Waals surface area contributed by atoms with E-state index < -0.39 is 11.8 Å². The first-order valence-electron chi connectivity index (χ1n) is 10.1. The van der Waals surface area contributed by atoms with Gasteiger partial charge in [-0.05, 0) is 36.8 Å². The second-order valence-electron chi connectivity index (χ2n) is 7.06. The predicted octanol–water partition coefficient (Wildman–Crippen LogP) is 4.06. The molecule has 0 aliphatic rings. The number of ether oxygens (including phenoxy) is 2. The summed E-state index contributed by atoms with van der Waals surface area (Å²) in [5.41, 5.74) is 5.87. The van der Waals surface area contributed by atoms with Gasteiger partial charge in [0.25, 0.3) is 0 Å². The third-order valence-corrected chi connectivity index (χ3v) is 4.50. The number of rotatable bonds is 9. The van der Waals surface area contributed by atoms with Gasteiger partial charge in [0.15, 0.2) is 0 Å². The van der Waals surface area contributed by atoms with Gasteiger partial charge >= 0.3 is 0 Å². The molecule has 7 nitrogen and oxygen atoms in total. The fraction of sp³-hybridized carbons (Fsp3) is 0.160. The Bertz CT molecular complexity index is 1090. The molecule has 164 valence electrons. The summed E-state index contributed by atoms with van der Waals surface area (Å²) >= 11 is 0. The van der Waals surface area contributed by atoms with E-state index in [1.165, 1.54) is 18.9 Å². The predicted molar refractivity (Wildman–Crippen MR) is 124 cm³/mol. The van der Waals surface area contributed by atoms with Crippen molar-refractivity contribution >= 4 is 23.7 Å². The summed E-state index contributed by atoms with van der Waals surface area (Å²) in [6.45, 7) is 2.45. The van der Waals surface area contributed by atoms with E-state index >= 15 is 0 Å². The number of methoxy groups -OCH3 is 1. The van der Waals surface area contributed by atoms with Crippen molar-refractivity contribution < 1.29 is 19.1 Å². The molecule has 0 atom stereocenters. The number of benzene rings is 3. The van der Waals surface area contributed by atoms with Crippen molar-refractivity contribution in [2.45, 2.75) is 20.0 Å². The van der Waals surface area contributed by atoms with Crippen LogP contribution in [0.25, 0.3) is 0 Å². The van der Waals surface area contributed by atoms with Crippen LogP contribution in [0.15, 0.2) is 77.9 Å². The lowest BCUT2D eigenvalue weighted by atomic mass is 10.1. The van der Waals surface area contributed by atoms with Crippen molar-refractivity contribution in [1.82, 2.24) is 5.43 Å². The molecular formula is C25H25N3O4. The lowest BCUT2D eigenvalue weighted by molar-refractivity contribution is -0.126. The number of anilines is 1. The summed E-state index contributed by atoms with van der Waals surface area (Å²) in [6.07, 6.45) is 1.13. The third-order valence-electron chi connectivity index (χ3n) is 4.50. The lowest BCUT2D eigenvalue weighted by Gasteiger charge is -2.09. The molecule has 7 heteroatoms. The van der Waals surface area contributed by atoms with Gasteiger partial charge in [-0.2, -0.15) is 5.10 Å². The Hall–Kier alpha value is -4.13. The van der Waals surface area contributed by atoms with Crippen LogP contribution in [0.2, 0.25) is 0 Å². The van der Waals surface area contributed by atoms with E-state index in [9.17, 15) is 9.59 Å². The van der Waals surface area contributed by atoms with E-state index in [1.807, 2.05) is 55.5 Å². The molecule has 3 aromatic carbocycles. The Morgan fingerprint density at radius 2 is 1.75 bits per heavy atom. The fourth-order valence-electron chi connectivity index (χ4n) is 2.83. The number of amides is 2. The Morgan fingerprint density at radius 3 is 2.53 bits per heavy atom. The van der Waals surface area contributed by atoms with Gasteiger partial charge in [0.05, 0.1) is 13.3 Å². The van der Waals surface area contributed by atoms with Crippen LogP contribution in [0.5, 0.6) is 11.5 Å². The zero-order chi connectivity index (χ0) is 22.8. The molecule has 0 spiro atoms. The monoisotopic (exact) mass is 431 g/mol. The minimum absolute atomic E-state index is 0.361. The zero-order valence-electron chi connectivity index (χ0n) is 18.0. The largest absolute Gasteiger partial charge is 0.497 e. The summed E-state index contributed by atoms with van der Waals surface area (Å²) in [6, 6.07) is 22.4. The highest BCUT2D eigenvalue weighted by Gasteiger charge is 2.09. The van der Waals surface area contributed by atoms with Crippen molar-refractivity contribution in [3.8, 4) is 11.5 Å². The fourth-order valence-corrected chi connectivity index (χ4v) is 2.83. The van der Waals surface area contributed by atoms with Crippen molar-refractivity contribution in [2.24, 2.45) is 5.10 Å². The van der Waals surface area contributed by atoms with Crippen LogP contribution < -0.4 is 20.2 Å². The van der Waals surface area contributed by atoms with Crippen LogP contribution in [-0.2, 0) is 16.2 Å². The maximum atomic E-state index is 12.1. The van der Waals surface area contributed by atoms with Crippen LogP contribution in [0, 0.1) is 6.92 Å². The average Bonchev–Trinajstić information content (AvgIpc) is 2.79. The van der Waals surface area contributed by atoms with Gasteiger partial charge in [0, 0.05) is 17.3 Å². The van der Waals surface area contributed by atoms with Crippen LogP contribution >= 0.6 is 0 Å². The number of hydrazone groups is 1. The van der Waals surface area contributed by atoms with Crippen molar-refractivity contribution in [3.63, 3.8) is 0 Å². The minimum atomic E-state index is -0.528. The van der Waals surface area contributed by atoms with Gasteiger partial charge in [-0.15, -0.1) is 0 Å². The highest BCUT2D eigenvalue weighted by atomic mass is 16.5. The summed E-state index contributed by atoms with van der Waals surface area (Å²) in [5, 5.41) is 6.60. The summed E-state index contributed by atoms with van der Waals surface area (Å²) in [4.78, 5) is 24.1. The zero-order valence-corrected chi connectivity index (χ0v) is 18.0. The van der Waals surface area contributed by atoms with Crippen LogP contribution in [-0.4, -0.2) is 25.1 Å². The number of nitrogens with zero attached hydrogens (tertiary/aromatic N) is 1. The molecule has 32 heavy (non-hydrogen) atoms.